The first-order chi connectivity index (χ1) is 13.4. The van der Waals surface area contributed by atoms with Crippen molar-refractivity contribution in [2.24, 2.45) is 0 Å². The molecular weight excluding hydrogens is 402 g/mol. The summed E-state index contributed by atoms with van der Waals surface area (Å²) in [5.41, 5.74) is 0.323. The summed E-state index contributed by atoms with van der Waals surface area (Å²) in [5.74, 6) is -1.85. The maximum atomic E-state index is 12.5. The SMILES string of the molecule is Cl.O=C(O)COc1ccc(C(=O)CN2C(=O)CN(C3CCNCC3)CC2=O)cc1. The third-order valence-corrected chi connectivity index (χ3v) is 4.94. The molecule has 29 heavy (non-hydrogen) atoms. The molecule has 0 atom stereocenters. The number of piperazine rings is 1. The number of hydrogen-bond donors (Lipinski definition) is 2. The number of piperidine rings is 1. The van der Waals surface area contributed by atoms with Crippen molar-refractivity contribution in [2.45, 2.75) is 18.9 Å². The van der Waals surface area contributed by atoms with Gasteiger partial charge in [0.2, 0.25) is 11.8 Å². The van der Waals surface area contributed by atoms with Crippen molar-refractivity contribution >= 4 is 36.0 Å². The van der Waals surface area contributed by atoms with Gasteiger partial charge in [0.25, 0.3) is 0 Å². The van der Waals surface area contributed by atoms with Crippen molar-refractivity contribution < 1.29 is 29.0 Å². The number of amides is 2. The van der Waals surface area contributed by atoms with Gasteiger partial charge in [-0.25, -0.2) is 4.79 Å². The Kier molecular flexibility index (Phi) is 8.12. The zero-order valence-electron chi connectivity index (χ0n) is 15.8. The summed E-state index contributed by atoms with van der Waals surface area (Å²) in [6.07, 6.45) is 1.80. The van der Waals surface area contributed by atoms with E-state index in [1.807, 2.05) is 4.90 Å². The van der Waals surface area contributed by atoms with Crippen LogP contribution in [0.4, 0.5) is 0 Å². The van der Waals surface area contributed by atoms with Crippen molar-refractivity contribution in [3.8, 4) is 5.75 Å². The van der Waals surface area contributed by atoms with Crippen LogP contribution in [0.1, 0.15) is 23.2 Å². The van der Waals surface area contributed by atoms with Gasteiger partial charge in [-0.2, -0.15) is 0 Å². The van der Waals surface area contributed by atoms with Crippen LogP contribution in [0, 0.1) is 0 Å². The quantitative estimate of drug-likeness (QED) is 0.469. The van der Waals surface area contributed by atoms with Crippen LogP contribution in [-0.4, -0.2) is 83.8 Å². The Bertz CT molecular complexity index is 746. The van der Waals surface area contributed by atoms with E-state index in [0.29, 0.717) is 11.3 Å². The molecule has 2 N–H and O–H groups in total. The lowest BCUT2D eigenvalue weighted by Gasteiger charge is -2.38. The number of carboxylic acid groups (broad SMARTS) is 1. The summed E-state index contributed by atoms with van der Waals surface area (Å²) in [5, 5.41) is 11.9. The molecule has 2 amide bonds. The summed E-state index contributed by atoms with van der Waals surface area (Å²) in [4.78, 5) is 50.8. The van der Waals surface area contributed by atoms with Gasteiger partial charge in [0.1, 0.15) is 5.75 Å². The molecule has 2 aliphatic rings. The smallest absolute Gasteiger partial charge is 0.341 e. The van der Waals surface area contributed by atoms with Gasteiger partial charge in [0.15, 0.2) is 12.4 Å². The van der Waals surface area contributed by atoms with Gasteiger partial charge in [-0.15, -0.1) is 12.4 Å². The largest absolute Gasteiger partial charge is 0.482 e. The van der Waals surface area contributed by atoms with Gasteiger partial charge in [-0.05, 0) is 50.2 Å². The van der Waals surface area contributed by atoms with Crippen molar-refractivity contribution in [2.75, 3.05) is 39.3 Å². The molecule has 2 fully saturated rings. The van der Waals surface area contributed by atoms with E-state index in [1.54, 1.807) is 0 Å². The minimum absolute atomic E-state index is 0. The van der Waals surface area contributed by atoms with Crippen LogP contribution in [0.2, 0.25) is 0 Å². The molecule has 0 unspecified atom stereocenters. The average molecular weight is 426 g/mol. The van der Waals surface area contributed by atoms with Crippen molar-refractivity contribution in [3.05, 3.63) is 29.8 Å². The molecular formula is C19H24ClN3O6. The molecule has 3 rings (SSSR count). The Labute approximate surface area is 174 Å². The number of carboxylic acids is 1. The molecule has 1 aromatic carbocycles. The number of nitrogens with one attached hydrogen (secondary N) is 1. The predicted octanol–water partition coefficient (Wildman–Crippen LogP) is 0.177. The van der Waals surface area contributed by atoms with Gasteiger partial charge < -0.3 is 15.2 Å². The van der Waals surface area contributed by atoms with E-state index in [1.165, 1.54) is 24.3 Å². The lowest BCUT2D eigenvalue weighted by atomic mass is 10.0. The first kappa shape index (κ1) is 22.8. The van der Waals surface area contributed by atoms with Crippen LogP contribution >= 0.6 is 12.4 Å². The number of ketones is 1. The second kappa shape index (κ2) is 10.3. The Morgan fingerprint density at radius 2 is 1.66 bits per heavy atom. The van der Waals surface area contributed by atoms with Crippen molar-refractivity contribution in [1.82, 2.24) is 15.1 Å². The molecule has 0 radical (unpaired) electrons. The molecule has 0 spiro atoms. The van der Waals surface area contributed by atoms with Gasteiger partial charge >= 0.3 is 5.97 Å². The second-order valence-electron chi connectivity index (χ2n) is 6.89. The molecule has 0 saturated carbocycles. The van der Waals surface area contributed by atoms with E-state index in [4.69, 9.17) is 9.84 Å². The highest BCUT2D eigenvalue weighted by atomic mass is 35.5. The maximum absolute atomic E-state index is 12.5. The van der Waals surface area contributed by atoms with E-state index < -0.39 is 12.6 Å². The summed E-state index contributed by atoms with van der Waals surface area (Å²) in [7, 11) is 0. The molecule has 9 nitrogen and oxygen atoms in total. The van der Waals surface area contributed by atoms with E-state index in [-0.39, 0.29) is 55.7 Å². The van der Waals surface area contributed by atoms with E-state index in [0.717, 1.165) is 30.8 Å². The standard InChI is InChI=1S/C19H23N3O6.ClH/c23-16(13-1-3-15(4-2-13)28-12-19(26)27)9-22-17(24)10-21(11-18(22)25)14-5-7-20-8-6-14;/h1-4,14,20H,5-12H2,(H,26,27);1H. The van der Waals surface area contributed by atoms with Crippen LogP contribution in [0.15, 0.2) is 24.3 Å². The Morgan fingerprint density at radius 3 is 2.21 bits per heavy atom. The number of carbonyl (C=O) groups excluding carboxylic acids is 3. The monoisotopic (exact) mass is 425 g/mol. The van der Waals surface area contributed by atoms with Crippen LogP contribution in [-0.2, 0) is 14.4 Å². The third-order valence-electron chi connectivity index (χ3n) is 4.94. The fourth-order valence-corrected chi connectivity index (χ4v) is 3.44. The minimum atomic E-state index is -1.10. The van der Waals surface area contributed by atoms with E-state index in [9.17, 15) is 19.2 Å². The predicted molar refractivity (Wildman–Crippen MR) is 105 cm³/mol. The number of nitrogens with zero attached hydrogens (tertiary/aromatic N) is 2. The molecule has 2 aliphatic heterocycles. The Balaban J connectivity index is 0.00000300. The number of aliphatic carboxylic acids is 1. The Morgan fingerprint density at radius 1 is 1.07 bits per heavy atom. The van der Waals surface area contributed by atoms with E-state index >= 15 is 0 Å². The molecule has 158 valence electrons. The summed E-state index contributed by atoms with van der Waals surface area (Å²) >= 11 is 0. The van der Waals surface area contributed by atoms with Gasteiger partial charge in [-0.3, -0.25) is 24.2 Å². The van der Waals surface area contributed by atoms with Crippen LogP contribution in [0.3, 0.4) is 0 Å². The fourth-order valence-electron chi connectivity index (χ4n) is 3.44. The molecule has 2 heterocycles. The highest BCUT2D eigenvalue weighted by Gasteiger charge is 2.35. The number of benzene rings is 1. The average Bonchev–Trinajstić information content (AvgIpc) is 2.70. The lowest BCUT2D eigenvalue weighted by Crippen LogP contribution is -2.58. The fraction of sp³-hybridized carbons (Fsp3) is 0.474. The lowest BCUT2D eigenvalue weighted by molar-refractivity contribution is -0.152. The number of ether oxygens (including phenoxy) is 1. The first-order valence-corrected chi connectivity index (χ1v) is 9.20. The zero-order chi connectivity index (χ0) is 20.1. The third kappa shape index (κ3) is 5.99. The first-order valence-electron chi connectivity index (χ1n) is 9.20. The van der Waals surface area contributed by atoms with Gasteiger partial charge in [0.05, 0.1) is 19.6 Å². The minimum Gasteiger partial charge on any atom is -0.482 e. The van der Waals surface area contributed by atoms with Crippen LogP contribution < -0.4 is 10.1 Å². The number of carbonyl (C=O) groups is 4. The number of hydrogen-bond acceptors (Lipinski definition) is 7. The zero-order valence-corrected chi connectivity index (χ0v) is 16.7. The van der Waals surface area contributed by atoms with Crippen molar-refractivity contribution in [3.63, 3.8) is 0 Å². The molecule has 1 aromatic rings. The summed E-state index contributed by atoms with van der Waals surface area (Å²) in [6, 6.07) is 6.15. The highest BCUT2D eigenvalue weighted by molar-refractivity contribution is 6.06. The molecule has 0 aromatic heterocycles. The normalized spacial score (nSPS) is 18.3. The molecule has 0 bridgehead atoms. The van der Waals surface area contributed by atoms with Gasteiger partial charge in [0, 0.05) is 11.6 Å². The van der Waals surface area contributed by atoms with Crippen molar-refractivity contribution in [1.29, 1.82) is 0 Å². The number of Topliss-reactive ketones (excluding diaryl/α,β-unsaturated/α-hetero) is 1. The van der Waals surface area contributed by atoms with Crippen LogP contribution in [0.25, 0.3) is 0 Å². The number of halogens is 1. The summed E-state index contributed by atoms with van der Waals surface area (Å²) in [6.45, 7) is 1.26. The van der Waals surface area contributed by atoms with E-state index in [2.05, 4.69) is 5.32 Å². The topological polar surface area (TPSA) is 116 Å². The highest BCUT2D eigenvalue weighted by Crippen LogP contribution is 2.17. The molecule has 10 heteroatoms. The van der Waals surface area contributed by atoms with Gasteiger partial charge in [-0.1, -0.05) is 0 Å². The van der Waals surface area contributed by atoms with Crippen LogP contribution in [0.5, 0.6) is 5.75 Å². The second-order valence-corrected chi connectivity index (χ2v) is 6.89. The number of rotatable bonds is 7. The molecule has 0 aliphatic carbocycles. The number of imide groups is 1. The maximum Gasteiger partial charge on any atom is 0.341 e. The Hall–Kier alpha value is -2.49. The molecule has 2 saturated heterocycles. The summed E-state index contributed by atoms with van der Waals surface area (Å²) < 4.78 is 5.02.